The van der Waals surface area contributed by atoms with Gasteiger partial charge in [-0.3, -0.25) is 9.69 Å². The summed E-state index contributed by atoms with van der Waals surface area (Å²) in [7, 11) is 0. The quantitative estimate of drug-likeness (QED) is 0.757. The van der Waals surface area contributed by atoms with Crippen LogP contribution in [0.1, 0.15) is 31.2 Å². The lowest BCUT2D eigenvalue weighted by Gasteiger charge is -2.18. The van der Waals surface area contributed by atoms with Crippen molar-refractivity contribution in [2.45, 2.75) is 38.6 Å². The van der Waals surface area contributed by atoms with Crippen molar-refractivity contribution < 1.29 is 9.53 Å². The molecule has 0 aromatic heterocycles. The third kappa shape index (κ3) is 3.12. The number of carbonyl (C=O) groups is 1. The summed E-state index contributed by atoms with van der Waals surface area (Å²) in [5.41, 5.74) is 2.14. The van der Waals surface area contributed by atoms with E-state index in [0.717, 1.165) is 42.5 Å². The first kappa shape index (κ1) is 14.1. The molecule has 3 aliphatic rings. The Bertz CT molecular complexity index is 582. The zero-order valence-corrected chi connectivity index (χ0v) is 13.3. The molecule has 2 heterocycles. The average Bonchev–Trinajstić information content (AvgIpc) is 3.40. The Morgan fingerprint density at radius 1 is 1.27 bits per heavy atom. The van der Waals surface area contributed by atoms with Crippen LogP contribution in [0, 0.1) is 12.8 Å². The van der Waals surface area contributed by atoms with Gasteiger partial charge in [-0.2, -0.15) is 0 Å². The standard InChI is InChI=1S/C18H24N2O2/c1-13-7-15(20-6-2-3-18(20)21)9-17(8-13)22-12-16-11-19(16)10-14-4-5-14/h7-9,14,16H,2-6,10-12H2,1H3. The fourth-order valence-corrected chi connectivity index (χ4v) is 3.32. The Kier molecular flexibility index (Phi) is 3.57. The van der Waals surface area contributed by atoms with E-state index in [-0.39, 0.29) is 5.91 Å². The zero-order chi connectivity index (χ0) is 15.1. The van der Waals surface area contributed by atoms with Crippen LogP contribution in [0.15, 0.2) is 18.2 Å². The molecule has 2 aliphatic heterocycles. The van der Waals surface area contributed by atoms with Gasteiger partial charge in [-0.05, 0) is 49.8 Å². The molecule has 4 rings (SSSR count). The maximum absolute atomic E-state index is 11.9. The molecular weight excluding hydrogens is 276 g/mol. The van der Waals surface area contributed by atoms with Gasteiger partial charge < -0.3 is 9.64 Å². The average molecular weight is 300 g/mol. The fraction of sp³-hybridized carbons (Fsp3) is 0.611. The minimum Gasteiger partial charge on any atom is -0.492 e. The Morgan fingerprint density at radius 3 is 2.86 bits per heavy atom. The second-order valence-electron chi connectivity index (χ2n) is 7.02. The molecule has 4 nitrogen and oxygen atoms in total. The molecule has 4 heteroatoms. The number of benzene rings is 1. The first-order valence-corrected chi connectivity index (χ1v) is 8.48. The van der Waals surface area contributed by atoms with Gasteiger partial charge in [-0.25, -0.2) is 0 Å². The van der Waals surface area contributed by atoms with E-state index in [1.54, 1.807) is 0 Å². The summed E-state index contributed by atoms with van der Waals surface area (Å²) in [4.78, 5) is 16.3. The molecule has 2 atom stereocenters. The topological polar surface area (TPSA) is 32.5 Å². The van der Waals surface area contributed by atoms with Crippen molar-refractivity contribution >= 4 is 11.6 Å². The Hall–Kier alpha value is -1.55. The van der Waals surface area contributed by atoms with E-state index in [1.165, 1.54) is 25.9 Å². The van der Waals surface area contributed by atoms with E-state index in [1.807, 2.05) is 11.0 Å². The second kappa shape index (κ2) is 5.58. The number of ether oxygens (including phenoxy) is 1. The van der Waals surface area contributed by atoms with Crippen LogP contribution < -0.4 is 9.64 Å². The molecule has 0 N–H and O–H groups in total. The zero-order valence-electron chi connectivity index (χ0n) is 13.3. The highest BCUT2D eigenvalue weighted by molar-refractivity contribution is 5.95. The highest BCUT2D eigenvalue weighted by Crippen LogP contribution is 2.34. The molecule has 1 saturated carbocycles. The van der Waals surface area contributed by atoms with Gasteiger partial charge in [0.15, 0.2) is 0 Å². The maximum atomic E-state index is 11.9. The Morgan fingerprint density at radius 2 is 2.14 bits per heavy atom. The first-order valence-electron chi connectivity index (χ1n) is 8.48. The number of anilines is 1. The highest BCUT2D eigenvalue weighted by atomic mass is 16.5. The van der Waals surface area contributed by atoms with Crippen molar-refractivity contribution in [2.24, 2.45) is 5.92 Å². The van der Waals surface area contributed by atoms with E-state index < -0.39 is 0 Å². The highest BCUT2D eigenvalue weighted by Gasteiger charge is 2.38. The summed E-state index contributed by atoms with van der Waals surface area (Å²) in [5, 5.41) is 0. The van der Waals surface area contributed by atoms with Crippen LogP contribution in [0.25, 0.3) is 0 Å². The van der Waals surface area contributed by atoms with E-state index >= 15 is 0 Å². The molecule has 3 fully saturated rings. The van der Waals surface area contributed by atoms with Gasteiger partial charge in [0.1, 0.15) is 12.4 Å². The van der Waals surface area contributed by atoms with Gasteiger partial charge in [0, 0.05) is 37.8 Å². The van der Waals surface area contributed by atoms with Crippen LogP contribution in [-0.2, 0) is 4.79 Å². The molecule has 0 spiro atoms. The predicted octanol–water partition coefficient (Wildman–Crippen LogP) is 2.59. The Balaban J connectivity index is 1.37. The smallest absolute Gasteiger partial charge is 0.227 e. The lowest BCUT2D eigenvalue weighted by atomic mass is 10.2. The lowest BCUT2D eigenvalue weighted by molar-refractivity contribution is -0.117. The molecule has 22 heavy (non-hydrogen) atoms. The largest absolute Gasteiger partial charge is 0.492 e. The maximum Gasteiger partial charge on any atom is 0.227 e. The van der Waals surface area contributed by atoms with Crippen LogP contribution in [-0.4, -0.2) is 43.1 Å². The lowest BCUT2D eigenvalue weighted by Crippen LogP contribution is -2.23. The third-order valence-electron chi connectivity index (χ3n) is 4.88. The van der Waals surface area contributed by atoms with Gasteiger partial charge in [0.2, 0.25) is 5.91 Å². The van der Waals surface area contributed by atoms with Crippen molar-refractivity contribution in [1.82, 2.24) is 4.90 Å². The molecule has 1 aliphatic carbocycles. The van der Waals surface area contributed by atoms with Crippen molar-refractivity contribution in [3.63, 3.8) is 0 Å². The molecule has 118 valence electrons. The van der Waals surface area contributed by atoms with Crippen LogP contribution in [0.5, 0.6) is 5.75 Å². The van der Waals surface area contributed by atoms with Crippen LogP contribution >= 0.6 is 0 Å². The van der Waals surface area contributed by atoms with E-state index in [9.17, 15) is 4.79 Å². The molecule has 2 saturated heterocycles. The van der Waals surface area contributed by atoms with Gasteiger partial charge in [-0.1, -0.05) is 0 Å². The summed E-state index contributed by atoms with van der Waals surface area (Å²) < 4.78 is 6.00. The number of hydrogen-bond donors (Lipinski definition) is 0. The van der Waals surface area contributed by atoms with Crippen LogP contribution in [0.4, 0.5) is 5.69 Å². The molecular formula is C18H24N2O2. The first-order chi connectivity index (χ1) is 10.7. The summed E-state index contributed by atoms with van der Waals surface area (Å²) in [6, 6.07) is 6.76. The minimum atomic E-state index is 0.231. The molecule has 1 aromatic carbocycles. The van der Waals surface area contributed by atoms with Crippen molar-refractivity contribution in [1.29, 1.82) is 0 Å². The summed E-state index contributed by atoms with van der Waals surface area (Å²) in [5.74, 6) is 2.08. The summed E-state index contributed by atoms with van der Waals surface area (Å²) in [6.07, 6.45) is 4.45. The minimum absolute atomic E-state index is 0.231. The number of amides is 1. The predicted molar refractivity (Wildman–Crippen MR) is 86.3 cm³/mol. The molecule has 2 unspecified atom stereocenters. The SMILES string of the molecule is Cc1cc(OCC2CN2CC2CC2)cc(N2CCCC2=O)c1. The summed E-state index contributed by atoms with van der Waals surface area (Å²) in [6.45, 7) is 6.10. The van der Waals surface area contributed by atoms with Gasteiger partial charge in [0.05, 0.1) is 6.04 Å². The second-order valence-corrected chi connectivity index (χ2v) is 7.02. The molecule has 0 bridgehead atoms. The Labute approximate surface area is 132 Å². The molecule has 1 amide bonds. The number of nitrogens with zero attached hydrogens (tertiary/aromatic N) is 2. The van der Waals surface area contributed by atoms with Gasteiger partial charge >= 0.3 is 0 Å². The van der Waals surface area contributed by atoms with Gasteiger partial charge in [0.25, 0.3) is 0 Å². The van der Waals surface area contributed by atoms with E-state index in [2.05, 4.69) is 24.0 Å². The van der Waals surface area contributed by atoms with Crippen LogP contribution in [0.2, 0.25) is 0 Å². The number of carbonyl (C=O) groups excluding carboxylic acids is 1. The number of hydrogen-bond acceptors (Lipinski definition) is 3. The molecule has 1 aromatic rings. The fourth-order valence-electron chi connectivity index (χ4n) is 3.32. The van der Waals surface area contributed by atoms with Crippen LogP contribution in [0.3, 0.4) is 0 Å². The van der Waals surface area contributed by atoms with Crippen molar-refractivity contribution in [3.05, 3.63) is 23.8 Å². The van der Waals surface area contributed by atoms with Gasteiger partial charge in [-0.15, -0.1) is 0 Å². The number of aryl methyl sites for hydroxylation is 1. The molecule has 0 radical (unpaired) electrons. The van der Waals surface area contributed by atoms with E-state index in [4.69, 9.17) is 4.74 Å². The van der Waals surface area contributed by atoms with E-state index in [0.29, 0.717) is 12.5 Å². The third-order valence-corrected chi connectivity index (χ3v) is 4.88. The van der Waals surface area contributed by atoms with Crippen molar-refractivity contribution in [3.8, 4) is 5.75 Å². The summed E-state index contributed by atoms with van der Waals surface area (Å²) >= 11 is 0. The monoisotopic (exact) mass is 300 g/mol. The number of rotatable bonds is 6. The normalized spacial score (nSPS) is 27.3. The van der Waals surface area contributed by atoms with Crippen molar-refractivity contribution in [2.75, 3.05) is 31.1 Å².